The van der Waals surface area contributed by atoms with E-state index < -0.39 is 0 Å². The second-order valence-corrected chi connectivity index (χ2v) is 5.07. The monoisotopic (exact) mass is 256 g/mol. The molecule has 98 valence electrons. The Labute approximate surface area is 113 Å². The molecule has 0 heterocycles. The van der Waals surface area contributed by atoms with Crippen LogP contribution in [0.5, 0.6) is 5.75 Å². The minimum atomic E-state index is -0.135. The van der Waals surface area contributed by atoms with Gasteiger partial charge in [-0.05, 0) is 54.5 Å². The maximum absolute atomic E-state index is 14.2. The van der Waals surface area contributed by atoms with E-state index in [9.17, 15) is 4.39 Å². The van der Waals surface area contributed by atoms with Gasteiger partial charge < -0.3 is 4.74 Å². The van der Waals surface area contributed by atoms with Crippen LogP contribution in [0, 0.1) is 5.82 Å². The van der Waals surface area contributed by atoms with Crippen LogP contribution in [0.15, 0.2) is 36.4 Å². The zero-order chi connectivity index (χ0) is 13.2. The summed E-state index contributed by atoms with van der Waals surface area (Å²) in [7, 11) is 1.61. The van der Waals surface area contributed by atoms with E-state index in [2.05, 4.69) is 24.3 Å². The van der Waals surface area contributed by atoms with Crippen molar-refractivity contribution in [3.8, 4) is 5.75 Å². The molecule has 19 heavy (non-hydrogen) atoms. The molecule has 0 spiro atoms. The van der Waals surface area contributed by atoms with Crippen molar-refractivity contribution < 1.29 is 9.13 Å². The Hall–Kier alpha value is -1.83. The van der Waals surface area contributed by atoms with Crippen molar-refractivity contribution in [3.05, 3.63) is 64.5 Å². The van der Waals surface area contributed by atoms with Crippen molar-refractivity contribution in [2.75, 3.05) is 7.11 Å². The van der Waals surface area contributed by atoms with Crippen LogP contribution in [0.4, 0.5) is 4.39 Å². The first kappa shape index (κ1) is 12.2. The van der Waals surface area contributed by atoms with Crippen molar-refractivity contribution in [1.29, 1.82) is 0 Å². The number of ether oxygens (including phenoxy) is 1. The first-order chi connectivity index (χ1) is 9.26. The lowest BCUT2D eigenvalue weighted by atomic mass is 9.95. The molecular weight excluding hydrogens is 239 g/mol. The lowest BCUT2D eigenvalue weighted by Gasteiger charge is -2.14. The fourth-order valence-corrected chi connectivity index (χ4v) is 2.66. The summed E-state index contributed by atoms with van der Waals surface area (Å²) >= 11 is 0. The van der Waals surface area contributed by atoms with Crippen LogP contribution < -0.4 is 4.74 Å². The molecular formula is C17H17FO. The smallest absolute Gasteiger partial charge is 0.130 e. The number of aryl methyl sites for hydroxylation is 3. The van der Waals surface area contributed by atoms with Crippen LogP contribution in [0.1, 0.15) is 22.3 Å². The number of hydrogen-bond acceptors (Lipinski definition) is 1. The van der Waals surface area contributed by atoms with Gasteiger partial charge >= 0.3 is 0 Å². The summed E-state index contributed by atoms with van der Waals surface area (Å²) in [5, 5.41) is 0. The van der Waals surface area contributed by atoms with Gasteiger partial charge in [-0.1, -0.05) is 24.3 Å². The molecule has 0 unspecified atom stereocenters. The third-order valence-electron chi connectivity index (χ3n) is 3.82. The van der Waals surface area contributed by atoms with Crippen LogP contribution >= 0.6 is 0 Å². The Kier molecular flexibility index (Phi) is 3.24. The molecule has 0 N–H and O–H groups in total. The van der Waals surface area contributed by atoms with Crippen molar-refractivity contribution in [3.63, 3.8) is 0 Å². The van der Waals surface area contributed by atoms with Gasteiger partial charge in [-0.2, -0.15) is 0 Å². The van der Waals surface area contributed by atoms with Crippen LogP contribution in [-0.4, -0.2) is 7.11 Å². The highest BCUT2D eigenvalue weighted by Crippen LogP contribution is 2.27. The average Bonchev–Trinajstić information content (AvgIpc) is 2.42. The maximum atomic E-state index is 14.2. The first-order valence-corrected chi connectivity index (χ1v) is 6.69. The van der Waals surface area contributed by atoms with Gasteiger partial charge in [-0.3, -0.25) is 0 Å². The summed E-state index contributed by atoms with van der Waals surface area (Å²) in [4.78, 5) is 0. The van der Waals surface area contributed by atoms with Gasteiger partial charge in [0.05, 0.1) is 7.11 Å². The lowest BCUT2D eigenvalue weighted by Crippen LogP contribution is -2.03. The van der Waals surface area contributed by atoms with E-state index in [-0.39, 0.29) is 5.82 Å². The quantitative estimate of drug-likeness (QED) is 0.755. The molecule has 1 nitrogen and oxygen atoms in total. The molecule has 6 rings (SSSR count). The molecule has 0 aromatic heterocycles. The lowest BCUT2D eigenvalue weighted by molar-refractivity contribution is 0.403. The van der Waals surface area contributed by atoms with Crippen molar-refractivity contribution in [1.82, 2.24) is 0 Å². The third kappa shape index (κ3) is 2.48. The summed E-state index contributed by atoms with van der Waals surface area (Å²) < 4.78 is 19.5. The zero-order valence-electron chi connectivity index (χ0n) is 11.1. The Morgan fingerprint density at radius 2 is 1.42 bits per heavy atom. The zero-order valence-corrected chi connectivity index (χ0v) is 11.1. The molecule has 0 fully saturated rings. The third-order valence-corrected chi connectivity index (χ3v) is 3.82. The standard InChI is InChI=1S/C17H17FO/c1-19-17-11-14-7-6-12-2-4-13(5-3-12)8-9-15(17)16(18)10-14/h2-5,10-11H,6-9H2,1H3. The molecule has 0 saturated carbocycles. The minimum Gasteiger partial charge on any atom is -0.496 e. The van der Waals surface area contributed by atoms with Gasteiger partial charge in [-0.25, -0.2) is 4.39 Å². The van der Waals surface area contributed by atoms with E-state index in [0.717, 1.165) is 24.8 Å². The fraction of sp³-hybridized carbons (Fsp3) is 0.294. The van der Waals surface area contributed by atoms with Gasteiger partial charge in [0.15, 0.2) is 0 Å². The van der Waals surface area contributed by atoms with Crippen molar-refractivity contribution in [2.45, 2.75) is 25.7 Å². The highest BCUT2D eigenvalue weighted by Gasteiger charge is 2.13. The van der Waals surface area contributed by atoms with Crippen LogP contribution in [0.25, 0.3) is 0 Å². The minimum absolute atomic E-state index is 0.135. The highest BCUT2D eigenvalue weighted by molar-refractivity contribution is 5.40. The Balaban J connectivity index is 2.05. The second kappa shape index (κ2) is 5.04. The van der Waals surface area contributed by atoms with E-state index in [0.29, 0.717) is 17.7 Å². The number of halogens is 1. The first-order valence-electron chi connectivity index (χ1n) is 6.69. The topological polar surface area (TPSA) is 9.23 Å². The SMILES string of the molecule is COc1cc2cc(F)c1CCc1ccc(cc1)CC2. The Morgan fingerprint density at radius 3 is 2.05 bits per heavy atom. The summed E-state index contributed by atoms with van der Waals surface area (Å²) in [6, 6.07) is 12.3. The number of rotatable bonds is 1. The van der Waals surface area contributed by atoms with Crippen molar-refractivity contribution in [2.24, 2.45) is 0 Å². The van der Waals surface area contributed by atoms with Crippen LogP contribution in [0.3, 0.4) is 0 Å². The molecule has 0 saturated heterocycles. The van der Waals surface area contributed by atoms with Crippen LogP contribution in [-0.2, 0) is 25.7 Å². The van der Waals surface area contributed by atoms with Crippen molar-refractivity contribution >= 4 is 0 Å². The summed E-state index contributed by atoms with van der Waals surface area (Å²) in [5.41, 5.74) is 4.24. The highest BCUT2D eigenvalue weighted by atomic mass is 19.1. The van der Waals surface area contributed by atoms with Gasteiger partial charge in [0, 0.05) is 5.56 Å². The van der Waals surface area contributed by atoms with E-state index in [1.807, 2.05) is 6.07 Å². The number of hydrogen-bond donors (Lipinski definition) is 0. The molecule has 2 aromatic rings. The molecule has 0 amide bonds. The van der Waals surface area contributed by atoms with Gasteiger partial charge in [0.1, 0.15) is 11.6 Å². The number of methoxy groups -OCH3 is 1. The summed E-state index contributed by atoms with van der Waals surface area (Å²) in [6.45, 7) is 0. The molecule has 2 heteroatoms. The van der Waals surface area contributed by atoms with E-state index in [4.69, 9.17) is 4.74 Å². The molecule has 4 aliphatic rings. The second-order valence-electron chi connectivity index (χ2n) is 5.07. The largest absolute Gasteiger partial charge is 0.496 e. The van der Waals surface area contributed by atoms with E-state index in [1.165, 1.54) is 11.1 Å². The van der Waals surface area contributed by atoms with Gasteiger partial charge in [0.25, 0.3) is 0 Å². The molecule has 0 aliphatic heterocycles. The predicted molar refractivity (Wildman–Crippen MR) is 74.2 cm³/mol. The normalized spacial score (nSPS) is 14.0. The maximum Gasteiger partial charge on any atom is 0.130 e. The molecule has 4 bridgehead atoms. The number of benzene rings is 2. The summed E-state index contributed by atoms with van der Waals surface area (Å²) in [5.74, 6) is 0.550. The molecule has 4 aliphatic carbocycles. The van der Waals surface area contributed by atoms with E-state index in [1.54, 1.807) is 13.2 Å². The Bertz CT molecular complexity index is 587. The average molecular weight is 256 g/mol. The van der Waals surface area contributed by atoms with E-state index >= 15 is 0 Å². The summed E-state index contributed by atoms with van der Waals surface area (Å²) in [6.07, 6.45) is 3.29. The Morgan fingerprint density at radius 1 is 0.842 bits per heavy atom. The molecule has 0 atom stereocenters. The van der Waals surface area contributed by atoms with Gasteiger partial charge in [-0.15, -0.1) is 0 Å². The fourth-order valence-electron chi connectivity index (χ4n) is 2.66. The van der Waals surface area contributed by atoms with Gasteiger partial charge in [0.2, 0.25) is 0 Å². The van der Waals surface area contributed by atoms with Crippen LogP contribution in [0.2, 0.25) is 0 Å². The predicted octanol–water partition coefficient (Wildman–Crippen LogP) is 3.72. The molecule has 0 radical (unpaired) electrons. The molecule has 2 aromatic carbocycles.